The molecule has 1 amide bonds. The van der Waals surface area contributed by atoms with Gasteiger partial charge in [0.15, 0.2) is 0 Å². The van der Waals surface area contributed by atoms with Crippen LogP contribution in [0.1, 0.15) is 56.9 Å². The third kappa shape index (κ3) is 5.71. The van der Waals surface area contributed by atoms with Crippen LogP contribution in [0.5, 0.6) is 5.75 Å². The standard InChI is InChI=1S/C26H33N3O4/c30-25(26(15-3-1-4-16-26)21-7-11-23(12-8-21)29(31)32)27-22-9-13-24(14-10-22)33-20-19-28-17-5-2-6-18-28/h7-14H,1-6,15-20H2,(H,27,30). The van der Waals surface area contributed by atoms with E-state index in [0.717, 1.165) is 68.7 Å². The van der Waals surface area contributed by atoms with E-state index < -0.39 is 10.3 Å². The molecule has 2 fully saturated rings. The summed E-state index contributed by atoms with van der Waals surface area (Å²) >= 11 is 0. The Morgan fingerprint density at radius 3 is 2.21 bits per heavy atom. The second kappa shape index (κ2) is 10.8. The maximum atomic E-state index is 13.5. The van der Waals surface area contributed by atoms with E-state index in [1.807, 2.05) is 24.3 Å². The van der Waals surface area contributed by atoms with Crippen molar-refractivity contribution in [3.63, 3.8) is 0 Å². The average Bonchev–Trinajstić information content (AvgIpc) is 2.86. The van der Waals surface area contributed by atoms with Crippen LogP contribution < -0.4 is 10.1 Å². The second-order valence-electron chi connectivity index (χ2n) is 9.18. The number of carbonyl (C=O) groups is 1. The molecule has 7 heteroatoms. The van der Waals surface area contributed by atoms with E-state index in [9.17, 15) is 14.9 Å². The largest absolute Gasteiger partial charge is 0.492 e. The molecule has 0 aromatic heterocycles. The lowest BCUT2D eigenvalue weighted by atomic mass is 9.68. The van der Waals surface area contributed by atoms with Crippen LogP contribution in [0.2, 0.25) is 0 Å². The molecular formula is C26H33N3O4. The number of nitro groups is 1. The van der Waals surface area contributed by atoms with Crippen molar-refractivity contribution >= 4 is 17.3 Å². The number of nitro benzene ring substituents is 1. The van der Waals surface area contributed by atoms with Gasteiger partial charge in [-0.15, -0.1) is 0 Å². The van der Waals surface area contributed by atoms with Crippen LogP contribution in [0.15, 0.2) is 48.5 Å². The zero-order chi connectivity index (χ0) is 23.1. The summed E-state index contributed by atoms with van der Waals surface area (Å²) in [6.45, 7) is 3.92. The number of hydrogen-bond donors (Lipinski definition) is 1. The van der Waals surface area contributed by atoms with Crippen LogP contribution in [0.3, 0.4) is 0 Å². The molecule has 0 atom stereocenters. The topological polar surface area (TPSA) is 84.7 Å². The molecule has 1 saturated carbocycles. The third-order valence-electron chi connectivity index (χ3n) is 7.01. The molecule has 0 spiro atoms. The zero-order valence-electron chi connectivity index (χ0n) is 19.1. The van der Waals surface area contributed by atoms with Crippen molar-refractivity contribution in [2.24, 2.45) is 0 Å². The first-order valence-electron chi connectivity index (χ1n) is 12.1. The molecule has 1 saturated heterocycles. The highest BCUT2D eigenvalue weighted by Gasteiger charge is 2.41. The number of piperidine rings is 1. The first-order chi connectivity index (χ1) is 16.1. The Hall–Kier alpha value is -2.93. The summed E-state index contributed by atoms with van der Waals surface area (Å²) in [4.78, 5) is 26.5. The number of anilines is 1. The molecule has 1 heterocycles. The lowest BCUT2D eigenvalue weighted by molar-refractivity contribution is -0.384. The Morgan fingerprint density at radius 1 is 0.939 bits per heavy atom. The molecule has 1 N–H and O–H groups in total. The van der Waals surface area contributed by atoms with Crippen molar-refractivity contribution in [1.29, 1.82) is 0 Å². The van der Waals surface area contributed by atoms with Gasteiger partial charge in [-0.3, -0.25) is 19.8 Å². The van der Waals surface area contributed by atoms with Crippen molar-refractivity contribution in [3.8, 4) is 5.75 Å². The number of rotatable bonds is 8. The van der Waals surface area contributed by atoms with Crippen LogP contribution in [0.4, 0.5) is 11.4 Å². The van der Waals surface area contributed by atoms with Gasteiger partial charge in [0.25, 0.3) is 5.69 Å². The Balaban J connectivity index is 1.38. The van der Waals surface area contributed by atoms with Gasteiger partial charge in [0.05, 0.1) is 10.3 Å². The van der Waals surface area contributed by atoms with E-state index in [0.29, 0.717) is 6.61 Å². The normalized spacial score (nSPS) is 18.4. The van der Waals surface area contributed by atoms with E-state index in [1.54, 1.807) is 12.1 Å². The zero-order valence-corrected chi connectivity index (χ0v) is 19.1. The minimum atomic E-state index is -0.656. The number of carbonyl (C=O) groups excluding carboxylic acids is 1. The van der Waals surface area contributed by atoms with Crippen LogP contribution in [0.25, 0.3) is 0 Å². The fraction of sp³-hybridized carbons (Fsp3) is 0.500. The monoisotopic (exact) mass is 451 g/mol. The molecule has 1 aliphatic heterocycles. The number of nitrogens with one attached hydrogen (secondary N) is 1. The van der Waals surface area contributed by atoms with Crippen LogP contribution in [-0.2, 0) is 10.2 Å². The van der Waals surface area contributed by atoms with Gasteiger partial charge in [-0.2, -0.15) is 0 Å². The van der Waals surface area contributed by atoms with Crippen molar-refractivity contribution in [2.45, 2.75) is 56.8 Å². The molecule has 4 rings (SSSR count). The molecule has 176 valence electrons. The Morgan fingerprint density at radius 2 is 1.58 bits per heavy atom. The Bertz CT molecular complexity index is 931. The first kappa shape index (κ1) is 23.2. The maximum Gasteiger partial charge on any atom is 0.269 e. The second-order valence-corrected chi connectivity index (χ2v) is 9.18. The van der Waals surface area contributed by atoms with Crippen molar-refractivity contribution in [2.75, 3.05) is 31.6 Å². The van der Waals surface area contributed by atoms with E-state index in [1.165, 1.54) is 31.4 Å². The summed E-state index contributed by atoms with van der Waals surface area (Å²) in [6, 6.07) is 14.0. The molecule has 0 bridgehead atoms. The van der Waals surface area contributed by atoms with Gasteiger partial charge in [0.1, 0.15) is 12.4 Å². The highest BCUT2D eigenvalue weighted by molar-refractivity contribution is 5.99. The fourth-order valence-corrected chi connectivity index (χ4v) is 5.07. The summed E-state index contributed by atoms with van der Waals surface area (Å²) in [5.41, 5.74) is 0.968. The minimum Gasteiger partial charge on any atom is -0.492 e. The number of non-ortho nitro benzene ring substituents is 1. The minimum absolute atomic E-state index is 0.0426. The predicted molar refractivity (Wildman–Crippen MR) is 129 cm³/mol. The lowest BCUT2D eigenvalue weighted by Gasteiger charge is -2.36. The summed E-state index contributed by atoms with van der Waals surface area (Å²) in [5, 5.41) is 14.1. The number of nitrogens with zero attached hydrogens (tertiary/aromatic N) is 2. The highest BCUT2D eigenvalue weighted by atomic mass is 16.6. The average molecular weight is 452 g/mol. The van der Waals surface area contributed by atoms with Crippen molar-refractivity contribution < 1.29 is 14.5 Å². The third-order valence-corrected chi connectivity index (χ3v) is 7.01. The molecule has 0 unspecified atom stereocenters. The molecular weight excluding hydrogens is 418 g/mol. The summed E-state index contributed by atoms with van der Waals surface area (Å²) < 4.78 is 5.90. The van der Waals surface area contributed by atoms with Gasteiger partial charge in [-0.05, 0) is 68.6 Å². The first-order valence-corrected chi connectivity index (χ1v) is 12.1. The van der Waals surface area contributed by atoms with E-state index in [-0.39, 0.29) is 11.6 Å². The molecule has 0 radical (unpaired) electrons. The quantitative estimate of drug-likeness (QED) is 0.435. The Labute approximate surface area is 195 Å². The SMILES string of the molecule is O=C(Nc1ccc(OCCN2CCCCC2)cc1)C1(c2ccc([N+](=O)[O-])cc2)CCCCC1. The molecule has 2 aromatic carbocycles. The molecule has 2 aromatic rings. The summed E-state index contributed by atoms with van der Waals surface area (Å²) in [7, 11) is 0. The number of amides is 1. The van der Waals surface area contributed by atoms with Gasteiger partial charge in [-0.25, -0.2) is 0 Å². The van der Waals surface area contributed by atoms with E-state index in [2.05, 4.69) is 10.2 Å². The van der Waals surface area contributed by atoms with Crippen molar-refractivity contribution in [1.82, 2.24) is 4.90 Å². The number of benzene rings is 2. The molecule has 7 nitrogen and oxygen atoms in total. The van der Waals surface area contributed by atoms with Crippen molar-refractivity contribution in [3.05, 3.63) is 64.2 Å². The number of hydrogen-bond acceptors (Lipinski definition) is 5. The van der Waals surface area contributed by atoms with E-state index in [4.69, 9.17) is 4.74 Å². The van der Waals surface area contributed by atoms with Crippen LogP contribution >= 0.6 is 0 Å². The van der Waals surface area contributed by atoms with Crippen LogP contribution in [0, 0.1) is 10.1 Å². The molecule has 2 aliphatic rings. The summed E-state index contributed by atoms with van der Waals surface area (Å²) in [5.74, 6) is 0.752. The lowest BCUT2D eigenvalue weighted by Crippen LogP contribution is -2.42. The van der Waals surface area contributed by atoms with Gasteiger partial charge < -0.3 is 10.1 Å². The maximum absolute atomic E-state index is 13.5. The predicted octanol–water partition coefficient (Wildman–Crippen LogP) is 5.30. The summed E-state index contributed by atoms with van der Waals surface area (Å²) in [6.07, 6.45) is 8.40. The fourth-order valence-electron chi connectivity index (χ4n) is 5.07. The van der Waals surface area contributed by atoms with E-state index >= 15 is 0 Å². The number of ether oxygens (including phenoxy) is 1. The smallest absolute Gasteiger partial charge is 0.269 e. The van der Waals surface area contributed by atoms with Gasteiger partial charge in [0, 0.05) is 24.4 Å². The molecule has 33 heavy (non-hydrogen) atoms. The van der Waals surface area contributed by atoms with Crippen LogP contribution in [-0.4, -0.2) is 42.0 Å². The van der Waals surface area contributed by atoms with Gasteiger partial charge in [-0.1, -0.05) is 37.8 Å². The number of likely N-dealkylation sites (tertiary alicyclic amines) is 1. The van der Waals surface area contributed by atoms with Gasteiger partial charge >= 0.3 is 0 Å². The molecule has 1 aliphatic carbocycles. The van der Waals surface area contributed by atoms with Gasteiger partial charge in [0.2, 0.25) is 5.91 Å². The Kier molecular flexibility index (Phi) is 7.60. The highest BCUT2D eigenvalue weighted by Crippen LogP contribution is 2.41.